The molecule has 1 aliphatic rings. The van der Waals surface area contributed by atoms with Gasteiger partial charge >= 0.3 is 0 Å². The van der Waals surface area contributed by atoms with E-state index < -0.39 is 23.0 Å². The molecule has 0 fully saturated rings. The van der Waals surface area contributed by atoms with Crippen molar-refractivity contribution < 1.29 is 13.6 Å². The van der Waals surface area contributed by atoms with Gasteiger partial charge in [-0.2, -0.15) is 0 Å². The zero-order valence-corrected chi connectivity index (χ0v) is 14.8. The summed E-state index contributed by atoms with van der Waals surface area (Å²) in [5.74, 6) is -1.92. The third-order valence-corrected chi connectivity index (χ3v) is 5.45. The molecule has 0 N–H and O–H groups in total. The van der Waals surface area contributed by atoms with Gasteiger partial charge in [0.1, 0.15) is 11.6 Å². The van der Waals surface area contributed by atoms with Crippen LogP contribution in [0.15, 0.2) is 48.7 Å². The van der Waals surface area contributed by atoms with Crippen LogP contribution in [0.4, 0.5) is 20.2 Å². The van der Waals surface area contributed by atoms with E-state index in [9.17, 15) is 13.6 Å². The van der Waals surface area contributed by atoms with E-state index in [4.69, 9.17) is 0 Å². The quantitative estimate of drug-likeness (QED) is 0.610. The van der Waals surface area contributed by atoms with Crippen molar-refractivity contribution in [2.24, 2.45) is 5.92 Å². The molecule has 1 aliphatic heterocycles. The highest BCUT2D eigenvalue weighted by Gasteiger charge is 2.46. The van der Waals surface area contributed by atoms with E-state index in [0.717, 1.165) is 23.0 Å². The topological polar surface area (TPSA) is 33.2 Å². The number of halogens is 2. The van der Waals surface area contributed by atoms with Crippen molar-refractivity contribution in [3.8, 4) is 0 Å². The maximum absolute atomic E-state index is 14.8. The standard InChI is InChI=1S/C21H18F2N2O/c1-12-20(26)25(14-10-13-6-4-5-7-17(13)24-11-14)19-16(23)9-8-15(22)18(19)21(12,2)3/h4-12H,1-3H3. The number of amides is 1. The Kier molecular flexibility index (Phi) is 3.58. The van der Waals surface area contributed by atoms with Crippen molar-refractivity contribution >= 4 is 28.2 Å². The predicted octanol–water partition coefficient (Wildman–Crippen LogP) is 5.11. The first-order chi connectivity index (χ1) is 12.3. The molecule has 0 aliphatic carbocycles. The summed E-state index contributed by atoms with van der Waals surface area (Å²) >= 11 is 0. The average Bonchev–Trinajstić information content (AvgIpc) is 2.62. The lowest BCUT2D eigenvalue weighted by atomic mass is 9.70. The van der Waals surface area contributed by atoms with E-state index in [2.05, 4.69) is 4.98 Å². The minimum atomic E-state index is -0.820. The highest BCUT2D eigenvalue weighted by molar-refractivity contribution is 6.06. The van der Waals surface area contributed by atoms with Crippen LogP contribution in [0.1, 0.15) is 26.3 Å². The van der Waals surface area contributed by atoms with Gasteiger partial charge in [0.05, 0.1) is 23.1 Å². The number of pyridine rings is 1. The van der Waals surface area contributed by atoms with E-state index in [0.29, 0.717) is 5.69 Å². The summed E-state index contributed by atoms with van der Waals surface area (Å²) in [6, 6.07) is 11.4. The Morgan fingerprint density at radius 1 is 1.08 bits per heavy atom. The van der Waals surface area contributed by atoms with Gasteiger partial charge in [-0.15, -0.1) is 0 Å². The van der Waals surface area contributed by atoms with Gasteiger partial charge in [0.25, 0.3) is 0 Å². The van der Waals surface area contributed by atoms with Crippen LogP contribution in [0.3, 0.4) is 0 Å². The first-order valence-corrected chi connectivity index (χ1v) is 8.49. The second-order valence-corrected chi connectivity index (χ2v) is 7.26. The monoisotopic (exact) mass is 352 g/mol. The number of aromatic nitrogens is 1. The zero-order valence-electron chi connectivity index (χ0n) is 14.8. The Hall–Kier alpha value is -2.82. The predicted molar refractivity (Wildman–Crippen MR) is 97.4 cm³/mol. The summed E-state index contributed by atoms with van der Waals surface area (Å²) in [4.78, 5) is 18.7. The summed E-state index contributed by atoms with van der Waals surface area (Å²) in [7, 11) is 0. The first kappa shape index (κ1) is 16.6. The molecular weight excluding hydrogens is 334 g/mol. The van der Waals surface area contributed by atoms with Crippen molar-refractivity contribution in [3.05, 3.63) is 65.9 Å². The van der Waals surface area contributed by atoms with Crippen LogP contribution in [0, 0.1) is 17.6 Å². The minimum absolute atomic E-state index is 0.0184. The Labute approximate surface area is 150 Å². The lowest BCUT2D eigenvalue weighted by Crippen LogP contribution is -2.47. The molecule has 0 spiro atoms. The highest BCUT2D eigenvalue weighted by atomic mass is 19.1. The second kappa shape index (κ2) is 5.59. The average molecular weight is 352 g/mol. The van der Waals surface area contributed by atoms with Gasteiger partial charge in [-0.1, -0.05) is 39.0 Å². The Balaban J connectivity index is 2.01. The molecule has 0 radical (unpaired) electrons. The van der Waals surface area contributed by atoms with Crippen LogP contribution in [0.25, 0.3) is 10.9 Å². The molecule has 2 heterocycles. The highest BCUT2D eigenvalue weighted by Crippen LogP contribution is 2.48. The molecule has 132 valence electrons. The lowest BCUT2D eigenvalue weighted by molar-refractivity contribution is -0.123. The van der Waals surface area contributed by atoms with Crippen LogP contribution in [0.5, 0.6) is 0 Å². The van der Waals surface area contributed by atoms with Gasteiger partial charge in [0, 0.05) is 22.3 Å². The summed E-state index contributed by atoms with van der Waals surface area (Å²) in [5, 5.41) is 0.827. The fraction of sp³-hybridized carbons (Fsp3) is 0.238. The van der Waals surface area contributed by atoms with Crippen LogP contribution < -0.4 is 4.90 Å². The Morgan fingerprint density at radius 3 is 2.54 bits per heavy atom. The number of nitrogens with zero attached hydrogens (tertiary/aromatic N) is 2. The van der Waals surface area contributed by atoms with E-state index in [-0.39, 0.29) is 17.2 Å². The van der Waals surface area contributed by atoms with Gasteiger partial charge < -0.3 is 0 Å². The third kappa shape index (κ3) is 2.23. The van der Waals surface area contributed by atoms with Crippen molar-refractivity contribution in [2.75, 3.05) is 4.90 Å². The molecule has 5 heteroatoms. The molecular formula is C21H18F2N2O. The van der Waals surface area contributed by atoms with Crippen LogP contribution in [-0.2, 0) is 10.2 Å². The number of hydrogen-bond acceptors (Lipinski definition) is 2. The van der Waals surface area contributed by atoms with Gasteiger partial charge in [0.15, 0.2) is 0 Å². The number of hydrogen-bond donors (Lipinski definition) is 0. The van der Waals surface area contributed by atoms with E-state index in [1.807, 2.05) is 24.3 Å². The van der Waals surface area contributed by atoms with Crippen molar-refractivity contribution in [3.63, 3.8) is 0 Å². The van der Waals surface area contributed by atoms with Crippen molar-refractivity contribution in [1.82, 2.24) is 4.98 Å². The van der Waals surface area contributed by atoms with E-state index in [1.165, 1.54) is 11.1 Å². The number of benzene rings is 2. The molecule has 0 bridgehead atoms. The maximum atomic E-state index is 14.8. The summed E-state index contributed by atoms with van der Waals surface area (Å²) < 4.78 is 29.4. The summed E-state index contributed by atoms with van der Waals surface area (Å²) in [6.45, 7) is 5.29. The molecule has 3 aromatic rings. The van der Waals surface area contributed by atoms with Gasteiger partial charge in [-0.25, -0.2) is 8.78 Å². The van der Waals surface area contributed by atoms with Crippen molar-refractivity contribution in [2.45, 2.75) is 26.2 Å². The summed E-state index contributed by atoms with van der Waals surface area (Å²) in [5.41, 5.74) is 0.586. The molecule has 4 rings (SSSR count). The second-order valence-electron chi connectivity index (χ2n) is 7.26. The number of para-hydroxylation sites is 1. The fourth-order valence-corrected chi connectivity index (χ4v) is 3.64. The number of fused-ring (bicyclic) bond motifs is 2. The SMILES string of the molecule is CC1C(=O)N(c2cnc3ccccc3c2)c2c(F)ccc(F)c2C1(C)C. The Morgan fingerprint density at radius 2 is 1.77 bits per heavy atom. The molecule has 1 aromatic heterocycles. The maximum Gasteiger partial charge on any atom is 0.235 e. The lowest BCUT2D eigenvalue weighted by Gasteiger charge is -2.43. The summed E-state index contributed by atoms with van der Waals surface area (Å²) in [6.07, 6.45) is 1.53. The molecule has 3 nitrogen and oxygen atoms in total. The molecule has 1 unspecified atom stereocenters. The normalized spacial score (nSPS) is 18.9. The van der Waals surface area contributed by atoms with Gasteiger partial charge in [-0.05, 0) is 24.3 Å². The minimum Gasteiger partial charge on any atom is -0.276 e. The molecule has 26 heavy (non-hydrogen) atoms. The van der Waals surface area contributed by atoms with Gasteiger partial charge in [-0.3, -0.25) is 14.7 Å². The van der Waals surface area contributed by atoms with E-state index >= 15 is 0 Å². The number of carbonyl (C=O) groups is 1. The Bertz CT molecular complexity index is 1050. The smallest absolute Gasteiger partial charge is 0.235 e. The molecule has 1 amide bonds. The number of rotatable bonds is 1. The fourth-order valence-electron chi connectivity index (χ4n) is 3.64. The molecule has 2 aromatic carbocycles. The van der Waals surface area contributed by atoms with E-state index in [1.54, 1.807) is 26.8 Å². The molecule has 1 atom stereocenters. The molecule has 0 saturated heterocycles. The number of anilines is 2. The van der Waals surface area contributed by atoms with Crippen LogP contribution in [0.2, 0.25) is 0 Å². The van der Waals surface area contributed by atoms with Crippen LogP contribution >= 0.6 is 0 Å². The first-order valence-electron chi connectivity index (χ1n) is 8.49. The zero-order chi connectivity index (χ0) is 18.6. The van der Waals surface area contributed by atoms with Crippen molar-refractivity contribution in [1.29, 1.82) is 0 Å². The number of carbonyl (C=O) groups excluding carboxylic acids is 1. The third-order valence-electron chi connectivity index (χ3n) is 5.45. The molecule has 0 saturated carbocycles. The van der Waals surface area contributed by atoms with Gasteiger partial charge in [0.2, 0.25) is 5.91 Å². The largest absolute Gasteiger partial charge is 0.276 e. The van der Waals surface area contributed by atoms with Crippen LogP contribution in [-0.4, -0.2) is 10.9 Å².